The van der Waals surface area contributed by atoms with E-state index in [0.717, 1.165) is 24.0 Å². The molecule has 0 aromatic heterocycles. The minimum absolute atomic E-state index is 0.377. The van der Waals surface area contributed by atoms with E-state index in [9.17, 15) is 4.79 Å². The third-order valence-corrected chi connectivity index (χ3v) is 1.98. The maximum atomic E-state index is 10.8. The van der Waals surface area contributed by atoms with Gasteiger partial charge in [0, 0.05) is 6.08 Å². The molecule has 2 heteroatoms. The van der Waals surface area contributed by atoms with Gasteiger partial charge in [0.15, 0.2) is 0 Å². The molecule has 1 rings (SSSR count). The highest BCUT2D eigenvalue weighted by Crippen LogP contribution is 2.18. The van der Waals surface area contributed by atoms with Crippen LogP contribution in [0.25, 0.3) is 5.57 Å². The molecule has 0 spiro atoms. The lowest BCUT2D eigenvalue weighted by atomic mass is 10.0. The summed E-state index contributed by atoms with van der Waals surface area (Å²) in [6, 6.07) is 9.85. The quantitative estimate of drug-likeness (QED) is 0.726. The first kappa shape index (κ1) is 10.5. The highest BCUT2D eigenvalue weighted by Gasteiger charge is 2.00. The fourth-order valence-electron chi connectivity index (χ4n) is 1.39. The van der Waals surface area contributed by atoms with E-state index in [0.29, 0.717) is 0 Å². The Labute approximate surface area is 84.4 Å². The summed E-state index contributed by atoms with van der Waals surface area (Å²) in [7, 11) is 0. The average Bonchev–Trinajstić information content (AvgIpc) is 2.18. The molecule has 1 aromatic carbocycles. The van der Waals surface area contributed by atoms with Gasteiger partial charge in [0.2, 0.25) is 5.91 Å². The summed E-state index contributed by atoms with van der Waals surface area (Å²) >= 11 is 0. The molecule has 0 atom stereocenters. The summed E-state index contributed by atoms with van der Waals surface area (Å²) in [5.74, 6) is -0.377. The van der Waals surface area contributed by atoms with Crippen molar-refractivity contribution in [3.8, 4) is 0 Å². The third kappa shape index (κ3) is 3.05. The van der Waals surface area contributed by atoms with E-state index in [1.165, 1.54) is 6.08 Å². The van der Waals surface area contributed by atoms with Gasteiger partial charge in [0.05, 0.1) is 0 Å². The van der Waals surface area contributed by atoms with Crippen molar-refractivity contribution in [3.63, 3.8) is 0 Å². The van der Waals surface area contributed by atoms with Gasteiger partial charge in [-0.25, -0.2) is 0 Å². The van der Waals surface area contributed by atoms with E-state index in [1.807, 2.05) is 30.3 Å². The second kappa shape index (κ2) is 5.22. The Hall–Kier alpha value is -1.57. The summed E-state index contributed by atoms with van der Waals surface area (Å²) in [5.41, 5.74) is 7.24. The Morgan fingerprint density at radius 2 is 2.00 bits per heavy atom. The number of carbonyl (C=O) groups is 1. The molecule has 0 bridgehead atoms. The van der Waals surface area contributed by atoms with Crippen molar-refractivity contribution < 1.29 is 4.79 Å². The van der Waals surface area contributed by atoms with Crippen LogP contribution in [0.2, 0.25) is 0 Å². The molecule has 0 aliphatic carbocycles. The molecule has 0 unspecified atom stereocenters. The monoisotopic (exact) mass is 189 g/mol. The Kier molecular flexibility index (Phi) is 3.92. The molecule has 1 aromatic rings. The van der Waals surface area contributed by atoms with Crippen LogP contribution in [-0.4, -0.2) is 5.91 Å². The molecular formula is C12H15NO. The van der Waals surface area contributed by atoms with Crippen LogP contribution in [-0.2, 0) is 4.79 Å². The molecular weight excluding hydrogens is 174 g/mol. The normalized spacial score (nSPS) is 11.4. The number of carbonyl (C=O) groups excluding carboxylic acids is 1. The Morgan fingerprint density at radius 3 is 2.50 bits per heavy atom. The van der Waals surface area contributed by atoms with Crippen LogP contribution in [0.1, 0.15) is 25.3 Å². The van der Waals surface area contributed by atoms with Gasteiger partial charge < -0.3 is 5.73 Å². The maximum absolute atomic E-state index is 10.8. The Morgan fingerprint density at radius 1 is 1.36 bits per heavy atom. The van der Waals surface area contributed by atoms with Gasteiger partial charge in [-0.3, -0.25) is 4.79 Å². The zero-order valence-corrected chi connectivity index (χ0v) is 8.36. The molecule has 0 fully saturated rings. The van der Waals surface area contributed by atoms with Crippen LogP contribution in [0, 0.1) is 0 Å². The molecule has 0 aliphatic heterocycles. The number of amides is 1. The van der Waals surface area contributed by atoms with Crippen molar-refractivity contribution in [2.24, 2.45) is 5.73 Å². The van der Waals surface area contributed by atoms with Crippen LogP contribution in [0.5, 0.6) is 0 Å². The summed E-state index contributed by atoms with van der Waals surface area (Å²) in [6.45, 7) is 2.08. The minimum Gasteiger partial charge on any atom is -0.366 e. The van der Waals surface area contributed by atoms with Gasteiger partial charge in [-0.15, -0.1) is 0 Å². The molecule has 1 amide bonds. The minimum atomic E-state index is -0.377. The topological polar surface area (TPSA) is 43.1 Å². The van der Waals surface area contributed by atoms with Crippen LogP contribution in [0.4, 0.5) is 0 Å². The van der Waals surface area contributed by atoms with Crippen molar-refractivity contribution >= 4 is 11.5 Å². The first-order valence-corrected chi connectivity index (χ1v) is 4.79. The van der Waals surface area contributed by atoms with Crippen LogP contribution in [0.15, 0.2) is 36.4 Å². The molecule has 2 N–H and O–H groups in total. The molecule has 2 nitrogen and oxygen atoms in total. The van der Waals surface area contributed by atoms with E-state index in [1.54, 1.807) is 0 Å². The first-order valence-electron chi connectivity index (χ1n) is 4.79. The standard InChI is InChI=1S/C12H15NO/c1-2-6-11(9-12(13)14)10-7-4-3-5-8-10/h3-5,7-9H,2,6H2,1H3,(H2,13,14)/b11-9+. The van der Waals surface area contributed by atoms with E-state index < -0.39 is 0 Å². The van der Waals surface area contributed by atoms with Crippen molar-refractivity contribution in [2.45, 2.75) is 19.8 Å². The zero-order chi connectivity index (χ0) is 10.4. The molecule has 0 radical (unpaired) electrons. The molecule has 0 saturated carbocycles. The van der Waals surface area contributed by atoms with Crippen LogP contribution < -0.4 is 5.73 Å². The third-order valence-electron chi connectivity index (χ3n) is 1.98. The Balaban J connectivity index is 2.94. The fourth-order valence-corrected chi connectivity index (χ4v) is 1.39. The average molecular weight is 189 g/mol. The number of hydrogen-bond acceptors (Lipinski definition) is 1. The number of benzene rings is 1. The van der Waals surface area contributed by atoms with Crippen molar-refractivity contribution in [2.75, 3.05) is 0 Å². The van der Waals surface area contributed by atoms with Crippen molar-refractivity contribution in [3.05, 3.63) is 42.0 Å². The summed E-state index contributed by atoms with van der Waals surface area (Å²) in [4.78, 5) is 10.8. The fraction of sp³-hybridized carbons (Fsp3) is 0.250. The summed E-state index contributed by atoms with van der Waals surface area (Å²) < 4.78 is 0. The lowest BCUT2D eigenvalue weighted by molar-refractivity contribution is -0.113. The van der Waals surface area contributed by atoms with Crippen molar-refractivity contribution in [1.82, 2.24) is 0 Å². The number of primary amides is 1. The van der Waals surface area contributed by atoms with Gasteiger partial charge in [-0.2, -0.15) is 0 Å². The lowest BCUT2D eigenvalue weighted by Crippen LogP contribution is -2.07. The first-order chi connectivity index (χ1) is 6.74. The van der Waals surface area contributed by atoms with Gasteiger partial charge in [0.1, 0.15) is 0 Å². The number of rotatable bonds is 4. The molecule has 0 aliphatic rings. The number of allylic oxidation sites excluding steroid dienone is 1. The molecule has 74 valence electrons. The van der Waals surface area contributed by atoms with E-state index in [4.69, 9.17) is 5.73 Å². The van der Waals surface area contributed by atoms with Crippen LogP contribution >= 0.6 is 0 Å². The summed E-state index contributed by atoms with van der Waals surface area (Å²) in [6.07, 6.45) is 3.40. The number of hydrogen-bond donors (Lipinski definition) is 1. The van der Waals surface area contributed by atoms with Crippen molar-refractivity contribution in [1.29, 1.82) is 0 Å². The lowest BCUT2D eigenvalue weighted by Gasteiger charge is -2.04. The van der Waals surface area contributed by atoms with E-state index in [2.05, 4.69) is 6.92 Å². The van der Waals surface area contributed by atoms with Gasteiger partial charge in [-0.05, 0) is 17.6 Å². The molecule has 14 heavy (non-hydrogen) atoms. The predicted octanol–water partition coefficient (Wildman–Crippen LogP) is 2.36. The van der Waals surface area contributed by atoms with E-state index >= 15 is 0 Å². The maximum Gasteiger partial charge on any atom is 0.241 e. The Bertz CT molecular complexity index is 327. The van der Waals surface area contributed by atoms with Gasteiger partial charge >= 0.3 is 0 Å². The zero-order valence-electron chi connectivity index (χ0n) is 8.36. The molecule has 0 heterocycles. The highest BCUT2D eigenvalue weighted by molar-refractivity contribution is 5.94. The predicted molar refractivity (Wildman–Crippen MR) is 58.5 cm³/mol. The van der Waals surface area contributed by atoms with Crippen LogP contribution in [0.3, 0.4) is 0 Å². The van der Waals surface area contributed by atoms with E-state index in [-0.39, 0.29) is 5.91 Å². The van der Waals surface area contributed by atoms with Gasteiger partial charge in [0.25, 0.3) is 0 Å². The highest BCUT2D eigenvalue weighted by atomic mass is 16.1. The number of nitrogens with two attached hydrogens (primary N) is 1. The second-order valence-electron chi connectivity index (χ2n) is 3.19. The SMILES string of the molecule is CCC/C(=C\C(N)=O)c1ccccc1. The largest absolute Gasteiger partial charge is 0.366 e. The van der Waals surface area contributed by atoms with Gasteiger partial charge in [-0.1, -0.05) is 43.7 Å². The molecule has 0 saturated heterocycles. The second-order valence-corrected chi connectivity index (χ2v) is 3.19. The smallest absolute Gasteiger partial charge is 0.241 e. The summed E-state index contributed by atoms with van der Waals surface area (Å²) in [5, 5.41) is 0.